The van der Waals surface area contributed by atoms with Gasteiger partial charge in [-0.25, -0.2) is 0 Å². The molecule has 1 atom stereocenters. The zero-order valence-electron chi connectivity index (χ0n) is 13.3. The molecule has 4 nitrogen and oxygen atoms in total. The Morgan fingerprint density at radius 2 is 1.80 bits per heavy atom. The van der Waals surface area contributed by atoms with E-state index in [0.29, 0.717) is 16.1 Å². The van der Waals surface area contributed by atoms with Gasteiger partial charge in [-0.2, -0.15) is 0 Å². The third kappa shape index (κ3) is 12.4. The largest absolute Gasteiger partial charge is 0.550 e. The molecule has 0 aromatic rings. The van der Waals surface area contributed by atoms with Crippen molar-refractivity contribution in [2.75, 3.05) is 27.7 Å². The first kappa shape index (κ1) is 19.3. The molecule has 0 aromatic heterocycles. The van der Waals surface area contributed by atoms with E-state index in [1.54, 1.807) is 0 Å². The monoisotopic (exact) mass is 303 g/mol. The first-order valence-corrected chi connectivity index (χ1v) is 7.85. The minimum atomic E-state index is -1.09. The van der Waals surface area contributed by atoms with E-state index in [2.05, 4.69) is 6.92 Å². The molecule has 0 saturated carbocycles. The van der Waals surface area contributed by atoms with Crippen LogP contribution in [0.3, 0.4) is 0 Å². The van der Waals surface area contributed by atoms with Crippen LogP contribution in [0.5, 0.6) is 0 Å². The summed E-state index contributed by atoms with van der Waals surface area (Å²) in [5.41, 5.74) is 0. The van der Waals surface area contributed by atoms with Crippen LogP contribution >= 0.6 is 12.2 Å². The van der Waals surface area contributed by atoms with Crippen molar-refractivity contribution in [3.05, 3.63) is 0 Å². The number of unbranched alkanes of at least 4 members (excludes halogenated alkanes) is 4. The summed E-state index contributed by atoms with van der Waals surface area (Å²) in [6, 6.07) is 0. The zero-order chi connectivity index (χ0) is 15.6. The van der Waals surface area contributed by atoms with E-state index >= 15 is 0 Å². The Balaban J connectivity index is 4.08. The molecule has 0 spiro atoms. The molecule has 0 radical (unpaired) electrons. The third-order valence-corrected chi connectivity index (χ3v) is 3.23. The van der Waals surface area contributed by atoms with Gasteiger partial charge >= 0.3 is 0 Å². The first-order chi connectivity index (χ1) is 9.24. The van der Waals surface area contributed by atoms with Crippen LogP contribution in [0.15, 0.2) is 0 Å². The fourth-order valence-electron chi connectivity index (χ4n) is 2.06. The Labute approximate surface area is 128 Å². The quantitative estimate of drug-likeness (QED) is 0.332. The Morgan fingerprint density at radius 3 is 2.30 bits per heavy atom. The van der Waals surface area contributed by atoms with Crippen molar-refractivity contribution in [1.29, 1.82) is 0 Å². The topological polar surface area (TPSA) is 49.4 Å². The van der Waals surface area contributed by atoms with Gasteiger partial charge in [-0.05, 0) is 18.6 Å². The van der Waals surface area contributed by atoms with Gasteiger partial charge < -0.3 is 19.1 Å². The van der Waals surface area contributed by atoms with Gasteiger partial charge in [-0.3, -0.25) is 0 Å². The van der Waals surface area contributed by atoms with Crippen LogP contribution in [0.2, 0.25) is 0 Å². The van der Waals surface area contributed by atoms with E-state index in [9.17, 15) is 9.90 Å². The van der Waals surface area contributed by atoms with E-state index in [-0.39, 0.29) is 6.42 Å². The average Bonchev–Trinajstić information content (AvgIpc) is 2.25. The maximum absolute atomic E-state index is 10.8. The Kier molecular flexibility index (Phi) is 9.76. The average molecular weight is 303 g/mol. The summed E-state index contributed by atoms with van der Waals surface area (Å²) < 4.78 is 6.27. The van der Waals surface area contributed by atoms with Gasteiger partial charge in [0.15, 0.2) is 11.2 Å². The standard InChI is InChI=1S/C15H29NO3S/c1-5-6-7-8-9-10-15(20)19-13(11-14(17)18)12-16(2,3)4/h13H,5-12H2,1-4H3. The highest BCUT2D eigenvalue weighted by molar-refractivity contribution is 7.80. The van der Waals surface area contributed by atoms with Crippen LogP contribution < -0.4 is 5.11 Å². The molecular formula is C15H29NO3S. The lowest BCUT2D eigenvalue weighted by molar-refractivity contribution is -0.873. The fourth-order valence-corrected chi connectivity index (χ4v) is 2.34. The third-order valence-electron chi connectivity index (χ3n) is 2.93. The van der Waals surface area contributed by atoms with Crippen LogP contribution in [0.1, 0.15) is 51.9 Å². The molecule has 0 N–H and O–H groups in total. The first-order valence-electron chi connectivity index (χ1n) is 7.44. The van der Waals surface area contributed by atoms with E-state index in [1.807, 2.05) is 21.1 Å². The van der Waals surface area contributed by atoms with Crippen LogP contribution in [-0.2, 0) is 9.53 Å². The number of hydrogen-bond donors (Lipinski definition) is 0. The van der Waals surface area contributed by atoms with Crippen molar-refractivity contribution < 1.29 is 19.1 Å². The Hall–Kier alpha value is -0.680. The zero-order valence-corrected chi connectivity index (χ0v) is 14.1. The van der Waals surface area contributed by atoms with Crippen LogP contribution in [0, 0.1) is 0 Å². The molecule has 118 valence electrons. The number of quaternary nitrogens is 1. The van der Waals surface area contributed by atoms with Gasteiger partial charge in [0.25, 0.3) is 0 Å². The summed E-state index contributed by atoms with van der Waals surface area (Å²) in [6.07, 6.45) is 6.09. The number of carbonyl (C=O) groups excluding carboxylic acids is 1. The summed E-state index contributed by atoms with van der Waals surface area (Å²) in [5.74, 6) is -1.09. The minimum Gasteiger partial charge on any atom is -0.550 e. The molecule has 0 aliphatic heterocycles. The maximum Gasteiger partial charge on any atom is 0.160 e. The normalized spacial score (nSPS) is 13.0. The highest BCUT2D eigenvalue weighted by atomic mass is 32.1. The molecule has 0 aliphatic carbocycles. The number of likely N-dealkylation sites (N-methyl/N-ethyl adjacent to an activating group) is 1. The minimum absolute atomic E-state index is 0.106. The lowest BCUT2D eigenvalue weighted by Crippen LogP contribution is -2.45. The molecule has 0 amide bonds. The fraction of sp³-hybridized carbons (Fsp3) is 0.867. The van der Waals surface area contributed by atoms with E-state index < -0.39 is 12.1 Å². The number of carboxylic acids is 1. The van der Waals surface area contributed by atoms with Crippen molar-refractivity contribution in [2.45, 2.75) is 58.0 Å². The highest BCUT2D eigenvalue weighted by Crippen LogP contribution is 2.10. The summed E-state index contributed by atoms with van der Waals surface area (Å²) >= 11 is 5.21. The summed E-state index contributed by atoms with van der Waals surface area (Å²) in [5, 5.41) is 11.3. The summed E-state index contributed by atoms with van der Waals surface area (Å²) in [7, 11) is 6.00. The summed E-state index contributed by atoms with van der Waals surface area (Å²) in [6.45, 7) is 2.78. The number of aliphatic carboxylic acids is 1. The van der Waals surface area contributed by atoms with Crippen LogP contribution in [0.4, 0.5) is 0 Å². The second-order valence-corrected chi connectivity index (χ2v) is 6.78. The molecule has 0 heterocycles. The van der Waals surface area contributed by atoms with E-state index in [1.165, 1.54) is 19.3 Å². The van der Waals surface area contributed by atoms with Crippen molar-refractivity contribution in [1.82, 2.24) is 0 Å². The predicted molar refractivity (Wildman–Crippen MR) is 83.4 cm³/mol. The predicted octanol–water partition coefficient (Wildman–Crippen LogP) is 1.91. The smallest absolute Gasteiger partial charge is 0.160 e. The number of rotatable bonds is 11. The maximum atomic E-state index is 10.8. The molecular weight excluding hydrogens is 274 g/mol. The molecule has 5 heteroatoms. The molecule has 0 fully saturated rings. The molecule has 0 saturated heterocycles. The van der Waals surface area contributed by atoms with E-state index in [4.69, 9.17) is 17.0 Å². The molecule has 1 unspecified atom stereocenters. The van der Waals surface area contributed by atoms with Crippen LogP contribution in [0.25, 0.3) is 0 Å². The SMILES string of the molecule is CCCCCCCC(=S)OC(CC(=O)[O-])C[N+](C)(C)C. The van der Waals surface area contributed by atoms with Crippen molar-refractivity contribution in [3.8, 4) is 0 Å². The highest BCUT2D eigenvalue weighted by Gasteiger charge is 2.20. The number of carboxylic acid groups (broad SMARTS) is 1. The Bertz CT molecular complexity index is 300. The number of carbonyl (C=O) groups is 1. The van der Waals surface area contributed by atoms with Crippen molar-refractivity contribution in [2.24, 2.45) is 0 Å². The molecule has 0 aromatic carbocycles. The number of ether oxygens (including phenoxy) is 1. The van der Waals surface area contributed by atoms with Crippen LogP contribution in [-0.4, -0.2) is 49.3 Å². The van der Waals surface area contributed by atoms with Crippen molar-refractivity contribution in [3.63, 3.8) is 0 Å². The summed E-state index contributed by atoms with van der Waals surface area (Å²) in [4.78, 5) is 10.8. The Morgan fingerprint density at radius 1 is 1.20 bits per heavy atom. The van der Waals surface area contributed by atoms with Gasteiger partial charge in [0.05, 0.1) is 21.1 Å². The molecule has 0 rings (SSSR count). The number of nitrogens with zero attached hydrogens (tertiary/aromatic N) is 1. The molecule has 20 heavy (non-hydrogen) atoms. The van der Waals surface area contributed by atoms with Gasteiger partial charge in [-0.1, -0.05) is 32.6 Å². The van der Waals surface area contributed by atoms with Gasteiger partial charge in [0.2, 0.25) is 0 Å². The van der Waals surface area contributed by atoms with E-state index in [0.717, 1.165) is 19.3 Å². The number of thiocarbonyl (C=S) groups is 1. The van der Waals surface area contributed by atoms with Gasteiger partial charge in [0, 0.05) is 18.8 Å². The molecule has 0 bridgehead atoms. The number of hydrogen-bond acceptors (Lipinski definition) is 4. The van der Waals surface area contributed by atoms with Crippen molar-refractivity contribution >= 4 is 23.2 Å². The van der Waals surface area contributed by atoms with Gasteiger partial charge in [-0.15, -0.1) is 0 Å². The lowest BCUT2D eigenvalue weighted by Gasteiger charge is -2.29. The second kappa shape index (κ2) is 10.1. The van der Waals surface area contributed by atoms with Gasteiger partial charge in [0.1, 0.15) is 6.54 Å². The second-order valence-electron chi connectivity index (χ2n) is 6.33. The molecule has 0 aliphatic rings. The lowest BCUT2D eigenvalue weighted by atomic mass is 10.1.